The van der Waals surface area contributed by atoms with Crippen molar-refractivity contribution < 1.29 is 14.7 Å². The molecule has 1 aromatic carbocycles. The summed E-state index contributed by atoms with van der Waals surface area (Å²) < 4.78 is 0. The first-order valence-corrected chi connectivity index (χ1v) is 6.68. The highest BCUT2D eigenvalue weighted by Gasteiger charge is 2.42. The molecular formula is C14H16Cl2O3. The third-order valence-electron chi connectivity index (χ3n) is 3.27. The van der Waals surface area contributed by atoms with Gasteiger partial charge in [-0.05, 0) is 22.6 Å². The van der Waals surface area contributed by atoms with E-state index in [1.54, 1.807) is 38.1 Å². The molecule has 2 atom stereocenters. The number of hydrogen-bond donors (Lipinski definition) is 1. The zero-order chi connectivity index (χ0) is 14.6. The van der Waals surface area contributed by atoms with Gasteiger partial charge in [-0.2, -0.15) is 0 Å². The highest BCUT2D eigenvalue weighted by molar-refractivity contribution is 6.63. The Hall–Kier alpha value is -1.06. The molecule has 19 heavy (non-hydrogen) atoms. The fourth-order valence-electron chi connectivity index (χ4n) is 2.12. The van der Waals surface area contributed by atoms with Gasteiger partial charge in [-0.1, -0.05) is 44.2 Å². The Morgan fingerprint density at radius 1 is 1.26 bits per heavy atom. The van der Waals surface area contributed by atoms with Gasteiger partial charge in [0, 0.05) is 11.8 Å². The lowest BCUT2D eigenvalue weighted by Crippen LogP contribution is -2.37. The lowest BCUT2D eigenvalue weighted by molar-refractivity contribution is -0.142. The van der Waals surface area contributed by atoms with Crippen LogP contribution < -0.4 is 0 Å². The van der Waals surface area contributed by atoms with Gasteiger partial charge < -0.3 is 5.11 Å². The Morgan fingerprint density at radius 3 is 2.21 bits per heavy atom. The van der Waals surface area contributed by atoms with Crippen molar-refractivity contribution in [2.75, 3.05) is 0 Å². The minimum Gasteiger partial charge on any atom is -0.481 e. The smallest absolute Gasteiger partial charge is 0.311 e. The normalized spacial score (nSPS) is 14.7. The topological polar surface area (TPSA) is 54.4 Å². The highest BCUT2D eigenvalue weighted by Crippen LogP contribution is 2.42. The summed E-state index contributed by atoms with van der Waals surface area (Å²) in [6.45, 7) is 3.46. The number of carboxylic acid groups (broad SMARTS) is 1. The summed E-state index contributed by atoms with van der Waals surface area (Å²) in [6.07, 6.45) is -0.0628. The number of aliphatic carboxylic acids is 1. The number of carbonyl (C=O) groups is 2. The molecule has 0 saturated carbocycles. The molecule has 0 bridgehead atoms. The van der Waals surface area contributed by atoms with E-state index < -0.39 is 27.9 Å². The molecule has 5 heteroatoms. The molecule has 1 N–H and O–H groups in total. The molecule has 0 heterocycles. The van der Waals surface area contributed by atoms with E-state index >= 15 is 0 Å². The number of benzene rings is 1. The van der Waals surface area contributed by atoms with Gasteiger partial charge in [-0.25, -0.2) is 0 Å². The first kappa shape index (κ1) is 16.0. The second kappa shape index (κ2) is 6.40. The molecule has 104 valence electrons. The fourth-order valence-corrected chi connectivity index (χ4v) is 2.62. The molecule has 3 nitrogen and oxygen atoms in total. The molecule has 2 unspecified atom stereocenters. The summed E-state index contributed by atoms with van der Waals surface area (Å²) in [7, 11) is 0. The van der Waals surface area contributed by atoms with E-state index in [1.807, 2.05) is 6.07 Å². The maximum atomic E-state index is 11.6. The highest BCUT2D eigenvalue weighted by atomic mass is 35.5. The molecule has 0 aliphatic carbocycles. The Morgan fingerprint density at radius 2 is 1.79 bits per heavy atom. The van der Waals surface area contributed by atoms with E-state index in [0.717, 1.165) is 0 Å². The van der Waals surface area contributed by atoms with Gasteiger partial charge in [0.05, 0.1) is 5.92 Å². The van der Waals surface area contributed by atoms with Crippen LogP contribution in [0.15, 0.2) is 30.3 Å². The van der Waals surface area contributed by atoms with Crippen LogP contribution >= 0.6 is 23.2 Å². The molecule has 0 radical (unpaired) electrons. The number of carboxylic acids is 1. The molecular weight excluding hydrogens is 287 g/mol. The van der Waals surface area contributed by atoms with Crippen LogP contribution in [0.2, 0.25) is 0 Å². The minimum absolute atomic E-state index is 0.0628. The fraction of sp³-hybridized carbons (Fsp3) is 0.429. The molecule has 1 aromatic rings. The number of alkyl halides is 1. The maximum Gasteiger partial charge on any atom is 0.311 e. The standard InChI is InChI=1S/C14H16Cl2O3/c1-14(2,10(15)8-11(16)17)12(13(18)19)9-6-4-3-5-7-9/h3-7,10,12H,8H2,1-2H3,(H,18,19). The van der Waals surface area contributed by atoms with Gasteiger partial charge in [-0.3, -0.25) is 9.59 Å². The lowest BCUT2D eigenvalue weighted by atomic mass is 9.72. The first-order chi connectivity index (χ1) is 8.76. The van der Waals surface area contributed by atoms with Gasteiger partial charge in [0.15, 0.2) is 0 Å². The van der Waals surface area contributed by atoms with Crippen molar-refractivity contribution in [2.45, 2.75) is 31.6 Å². The number of carbonyl (C=O) groups excluding carboxylic acids is 1. The summed E-state index contributed by atoms with van der Waals surface area (Å²) in [5.74, 6) is -1.77. The Balaban J connectivity index is 3.11. The van der Waals surface area contributed by atoms with Gasteiger partial charge >= 0.3 is 5.97 Å². The van der Waals surface area contributed by atoms with E-state index in [4.69, 9.17) is 23.2 Å². The predicted molar refractivity (Wildman–Crippen MR) is 75.7 cm³/mol. The van der Waals surface area contributed by atoms with E-state index in [1.165, 1.54) is 0 Å². The predicted octanol–water partition coefficient (Wildman–Crippen LogP) is 3.64. The van der Waals surface area contributed by atoms with Crippen LogP contribution in [0.25, 0.3) is 0 Å². The molecule has 0 fully saturated rings. The van der Waals surface area contributed by atoms with Crippen molar-refractivity contribution in [3.63, 3.8) is 0 Å². The summed E-state index contributed by atoms with van der Waals surface area (Å²) in [4.78, 5) is 22.5. The average molecular weight is 303 g/mol. The number of rotatable bonds is 6. The van der Waals surface area contributed by atoms with Crippen LogP contribution in [-0.4, -0.2) is 21.7 Å². The molecule has 0 aromatic heterocycles. The van der Waals surface area contributed by atoms with Crippen LogP contribution in [0.3, 0.4) is 0 Å². The average Bonchev–Trinajstić information content (AvgIpc) is 2.28. The summed E-state index contributed by atoms with van der Waals surface area (Å²) in [5.41, 5.74) is -0.146. The van der Waals surface area contributed by atoms with Gasteiger partial charge in [0.2, 0.25) is 5.24 Å². The molecule has 0 aliphatic rings. The first-order valence-electron chi connectivity index (χ1n) is 5.87. The number of hydrogen-bond acceptors (Lipinski definition) is 2. The SMILES string of the molecule is CC(C)(C(Cl)CC(=O)Cl)C(C(=O)O)c1ccccc1. The van der Waals surface area contributed by atoms with Gasteiger partial charge in [0.25, 0.3) is 0 Å². The van der Waals surface area contributed by atoms with Crippen molar-refractivity contribution in [3.05, 3.63) is 35.9 Å². The Kier molecular flexibility index (Phi) is 5.39. The van der Waals surface area contributed by atoms with E-state index in [0.29, 0.717) is 5.56 Å². The Bertz CT molecular complexity index is 457. The van der Waals surface area contributed by atoms with Crippen LogP contribution in [0, 0.1) is 5.41 Å². The van der Waals surface area contributed by atoms with Crippen molar-refractivity contribution in [1.82, 2.24) is 0 Å². The monoisotopic (exact) mass is 302 g/mol. The summed E-state index contributed by atoms with van der Waals surface area (Å²) in [5, 5.41) is 8.25. The second-order valence-corrected chi connectivity index (χ2v) is 5.98. The quantitative estimate of drug-likeness (QED) is 0.645. The molecule has 1 rings (SSSR count). The molecule has 0 spiro atoms. The van der Waals surface area contributed by atoms with Gasteiger partial charge in [0.1, 0.15) is 0 Å². The van der Waals surface area contributed by atoms with E-state index in [9.17, 15) is 14.7 Å². The van der Waals surface area contributed by atoms with Crippen molar-refractivity contribution in [2.24, 2.45) is 5.41 Å². The second-order valence-electron chi connectivity index (χ2n) is 5.03. The molecule has 0 saturated heterocycles. The van der Waals surface area contributed by atoms with Crippen molar-refractivity contribution in [1.29, 1.82) is 0 Å². The third kappa shape index (κ3) is 3.95. The molecule has 0 amide bonds. The Labute approximate surface area is 122 Å². The van der Waals surface area contributed by atoms with Crippen LogP contribution in [-0.2, 0) is 9.59 Å². The van der Waals surface area contributed by atoms with Crippen molar-refractivity contribution >= 4 is 34.4 Å². The van der Waals surface area contributed by atoms with E-state index in [-0.39, 0.29) is 6.42 Å². The van der Waals surface area contributed by atoms with E-state index in [2.05, 4.69) is 0 Å². The summed E-state index contributed by atoms with van der Waals surface area (Å²) >= 11 is 11.5. The molecule has 0 aliphatic heterocycles. The summed E-state index contributed by atoms with van der Waals surface area (Å²) in [6, 6.07) is 8.85. The zero-order valence-electron chi connectivity index (χ0n) is 10.8. The lowest BCUT2D eigenvalue weighted by Gasteiger charge is -2.35. The largest absolute Gasteiger partial charge is 0.481 e. The van der Waals surface area contributed by atoms with Crippen LogP contribution in [0.4, 0.5) is 0 Å². The zero-order valence-corrected chi connectivity index (χ0v) is 12.3. The van der Waals surface area contributed by atoms with Crippen molar-refractivity contribution in [3.8, 4) is 0 Å². The minimum atomic E-state index is -0.969. The third-order valence-corrected chi connectivity index (χ3v) is 4.14. The number of halogens is 2. The van der Waals surface area contributed by atoms with Crippen LogP contribution in [0.1, 0.15) is 31.7 Å². The van der Waals surface area contributed by atoms with Gasteiger partial charge in [-0.15, -0.1) is 11.6 Å². The van der Waals surface area contributed by atoms with Crippen LogP contribution in [0.5, 0.6) is 0 Å². The maximum absolute atomic E-state index is 11.6.